The summed E-state index contributed by atoms with van der Waals surface area (Å²) in [5.41, 5.74) is 0.740. The molecule has 194 valence electrons. The van der Waals surface area contributed by atoms with E-state index < -0.39 is 6.03 Å². The van der Waals surface area contributed by atoms with Crippen LogP contribution in [-0.2, 0) is 4.79 Å². The fraction of sp³-hybridized carbons (Fsp3) is 0.519. The van der Waals surface area contributed by atoms with E-state index in [1.807, 2.05) is 0 Å². The van der Waals surface area contributed by atoms with Crippen LogP contribution in [-0.4, -0.2) is 90.7 Å². The third-order valence-electron chi connectivity index (χ3n) is 6.82. The number of nitrogens with zero attached hydrogens (tertiary/aromatic N) is 5. The predicted molar refractivity (Wildman–Crippen MR) is 137 cm³/mol. The molecule has 2 aliphatic rings. The molecule has 3 heterocycles. The Hall–Kier alpha value is -3.04. The minimum atomic E-state index is -0.395. The van der Waals surface area contributed by atoms with Crippen molar-refractivity contribution in [2.24, 2.45) is 5.10 Å². The van der Waals surface area contributed by atoms with Crippen molar-refractivity contribution < 1.29 is 18.4 Å². The summed E-state index contributed by atoms with van der Waals surface area (Å²) in [5.74, 6) is 0.475. The summed E-state index contributed by atoms with van der Waals surface area (Å²) in [5, 5.41) is 5.32. The summed E-state index contributed by atoms with van der Waals surface area (Å²) in [7, 11) is 2.18. The Morgan fingerprint density at radius 3 is 2.28 bits per heavy atom. The summed E-state index contributed by atoms with van der Waals surface area (Å²) in [6, 6.07) is 9.06. The minimum absolute atomic E-state index is 0.0623. The summed E-state index contributed by atoms with van der Waals surface area (Å²) in [4.78, 5) is 31.2. The molecule has 1 aromatic carbocycles. The van der Waals surface area contributed by atoms with Crippen LogP contribution in [0.4, 0.5) is 9.18 Å². The first-order chi connectivity index (χ1) is 17.5. The van der Waals surface area contributed by atoms with E-state index in [-0.39, 0.29) is 18.3 Å². The maximum absolute atomic E-state index is 13.1. The van der Waals surface area contributed by atoms with Crippen molar-refractivity contribution in [3.63, 3.8) is 0 Å². The quantitative estimate of drug-likeness (QED) is 0.249. The molecule has 2 aliphatic heterocycles. The van der Waals surface area contributed by atoms with Gasteiger partial charge < -0.3 is 14.2 Å². The Balaban J connectivity index is 1.12. The van der Waals surface area contributed by atoms with Crippen LogP contribution < -0.4 is 0 Å². The fourth-order valence-corrected chi connectivity index (χ4v) is 4.54. The van der Waals surface area contributed by atoms with Crippen molar-refractivity contribution in [1.29, 1.82) is 0 Å². The van der Waals surface area contributed by atoms with Crippen molar-refractivity contribution in [3.8, 4) is 11.3 Å². The molecule has 0 unspecified atom stereocenters. The molecule has 36 heavy (non-hydrogen) atoms. The van der Waals surface area contributed by atoms with Crippen molar-refractivity contribution in [3.05, 3.63) is 48.0 Å². The molecule has 0 bridgehead atoms. The second-order valence-electron chi connectivity index (χ2n) is 9.61. The van der Waals surface area contributed by atoms with E-state index in [2.05, 4.69) is 21.9 Å². The van der Waals surface area contributed by atoms with Gasteiger partial charge in [-0.2, -0.15) is 5.10 Å². The first-order valence-electron chi connectivity index (χ1n) is 12.9. The van der Waals surface area contributed by atoms with E-state index in [1.165, 1.54) is 67.2 Å². The SMILES string of the molecule is CN1CCN(CCCCCCCCN2C(=O)CN(N=Cc3ccc(-c4ccc(F)cc4)o3)C2=O)CC1. The lowest BCUT2D eigenvalue weighted by Crippen LogP contribution is -2.44. The average Bonchev–Trinajstić information content (AvgIpc) is 3.45. The highest BCUT2D eigenvalue weighted by Crippen LogP contribution is 2.22. The lowest BCUT2D eigenvalue weighted by atomic mass is 10.1. The van der Waals surface area contributed by atoms with Crippen LogP contribution in [0, 0.1) is 5.82 Å². The largest absolute Gasteiger partial charge is 0.455 e. The molecule has 0 saturated carbocycles. The van der Waals surface area contributed by atoms with Crippen molar-refractivity contribution in [2.45, 2.75) is 38.5 Å². The molecule has 4 rings (SSSR count). The number of benzene rings is 1. The van der Waals surface area contributed by atoms with Crippen LogP contribution in [0.5, 0.6) is 0 Å². The summed E-state index contributed by atoms with van der Waals surface area (Å²) in [6.45, 7) is 6.23. The van der Waals surface area contributed by atoms with E-state index in [4.69, 9.17) is 4.42 Å². The van der Waals surface area contributed by atoms with Gasteiger partial charge in [0, 0.05) is 38.3 Å². The molecule has 3 amide bonds. The number of amides is 3. The predicted octanol–water partition coefficient (Wildman–Crippen LogP) is 4.27. The zero-order valence-electron chi connectivity index (χ0n) is 21.1. The van der Waals surface area contributed by atoms with Crippen LogP contribution in [0.3, 0.4) is 0 Å². The van der Waals surface area contributed by atoms with Gasteiger partial charge in [-0.15, -0.1) is 0 Å². The molecular weight excluding hydrogens is 461 g/mol. The third kappa shape index (κ3) is 7.24. The van der Waals surface area contributed by atoms with Gasteiger partial charge >= 0.3 is 6.03 Å². The van der Waals surface area contributed by atoms with Crippen molar-refractivity contribution in [2.75, 3.05) is 52.9 Å². The van der Waals surface area contributed by atoms with Crippen molar-refractivity contribution >= 4 is 18.2 Å². The van der Waals surface area contributed by atoms with Gasteiger partial charge in [-0.05, 0) is 62.8 Å². The number of imide groups is 1. The monoisotopic (exact) mass is 497 g/mol. The average molecular weight is 498 g/mol. The number of carbonyl (C=O) groups excluding carboxylic acids is 2. The fourth-order valence-electron chi connectivity index (χ4n) is 4.54. The molecule has 2 saturated heterocycles. The van der Waals surface area contributed by atoms with E-state index in [9.17, 15) is 14.0 Å². The normalized spacial score (nSPS) is 17.7. The van der Waals surface area contributed by atoms with Gasteiger partial charge in [-0.1, -0.05) is 25.7 Å². The number of furan rings is 1. The first kappa shape index (κ1) is 26.0. The molecule has 0 atom stereocenters. The topological polar surface area (TPSA) is 72.6 Å². The van der Waals surface area contributed by atoms with Gasteiger partial charge in [0.15, 0.2) is 0 Å². The van der Waals surface area contributed by atoms with Crippen LogP contribution in [0.1, 0.15) is 44.3 Å². The van der Waals surface area contributed by atoms with Crippen molar-refractivity contribution in [1.82, 2.24) is 19.7 Å². The molecule has 2 aromatic rings. The Labute approximate surface area is 212 Å². The smallest absolute Gasteiger partial charge is 0.347 e. The lowest BCUT2D eigenvalue weighted by molar-refractivity contribution is -0.125. The molecule has 0 aliphatic carbocycles. The first-order valence-corrected chi connectivity index (χ1v) is 12.9. The lowest BCUT2D eigenvalue weighted by Gasteiger charge is -2.32. The zero-order chi connectivity index (χ0) is 25.3. The number of likely N-dealkylation sites (N-methyl/N-ethyl adjacent to an activating group) is 1. The maximum atomic E-state index is 13.1. The van der Waals surface area contributed by atoms with Gasteiger partial charge in [0.05, 0.1) is 6.21 Å². The molecular formula is C27H36FN5O3. The van der Waals surface area contributed by atoms with E-state index >= 15 is 0 Å². The number of rotatable bonds is 12. The van der Waals surface area contributed by atoms with Gasteiger partial charge in [-0.3, -0.25) is 9.69 Å². The highest BCUT2D eigenvalue weighted by molar-refractivity contribution is 6.02. The Kier molecular flexibility index (Phi) is 9.24. The minimum Gasteiger partial charge on any atom is -0.455 e. The highest BCUT2D eigenvalue weighted by atomic mass is 19.1. The van der Waals surface area contributed by atoms with Crippen LogP contribution >= 0.6 is 0 Å². The number of hydrogen-bond acceptors (Lipinski definition) is 6. The molecule has 0 N–H and O–H groups in total. The summed E-state index contributed by atoms with van der Waals surface area (Å²) in [6.07, 6.45) is 8.02. The summed E-state index contributed by atoms with van der Waals surface area (Å²) < 4.78 is 18.8. The number of carbonyl (C=O) groups is 2. The van der Waals surface area contributed by atoms with Gasteiger partial charge in [0.1, 0.15) is 23.9 Å². The van der Waals surface area contributed by atoms with E-state index in [1.54, 1.807) is 24.3 Å². The Morgan fingerprint density at radius 2 is 1.56 bits per heavy atom. The number of hydrazone groups is 1. The molecule has 2 fully saturated rings. The van der Waals surface area contributed by atoms with E-state index in [0.717, 1.165) is 37.9 Å². The van der Waals surface area contributed by atoms with E-state index in [0.29, 0.717) is 18.1 Å². The number of urea groups is 1. The summed E-state index contributed by atoms with van der Waals surface area (Å²) >= 11 is 0. The molecule has 9 heteroatoms. The molecule has 1 aromatic heterocycles. The second kappa shape index (κ2) is 12.8. The number of piperazine rings is 1. The van der Waals surface area contributed by atoms with Gasteiger partial charge in [0.25, 0.3) is 5.91 Å². The maximum Gasteiger partial charge on any atom is 0.347 e. The third-order valence-corrected chi connectivity index (χ3v) is 6.82. The number of hydrogen-bond donors (Lipinski definition) is 0. The Morgan fingerprint density at radius 1 is 0.889 bits per heavy atom. The highest BCUT2D eigenvalue weighted by Gasteiger charge is 2.35. The molecule has 0 spiro atoms. The second-order valence-corrected chi connectivity index (χ2v) is 9.61. The molecule has 0 radical (unpaired) electrons. The number of unbranched alkanes of at least 4 members (excludes halogenated alkanes) is 5. The van der Waals surface area contributed by atoms with Crippen LogP contribution in [0.15, 0.2) is 45.9 Å². The zero-order valence-corrected chi connectivity index (χ0v) is 21.1. The standard InChI is InChI=1S/C27H36FN5O3/c1-30-16-18-31(19-17-30)14-6-4-2-3-5-7-15-32-26(34)21-33(27(32)35)29-20-24-12-13-25(36-24)22-8-10-23(28)11-9-22/h8-13,20H,2-7,14-19,21H2,1H3. The number of halogens is 1. The van der Waals surface area contributed by atoms with Gasteiger partial charge in [0.2, 0.25) is 0 Å². The van der Waals surface area contributed by atoms with Gasteiger partial charge in [-0.25, -0.2) is 14.2 Å². The Bertz CT molecular complexity index is 1030. The van der Waals surface area contributed by atoms with Crippen LogP contribution in [0.2, 0.25) is 0 Å². The van der Waals surface area contributed by atoms with Crippen LogP contribution in [0.25, 0.3) is 11.3 Å². The molecule has 8 nitrogen and oxygen atoms in total.